The summed E-state index contributed by atoms with van der Waals surface area (Å²) in [5.74, 6) is -0.0594. The fourth-order valence-electron chi connectivity index (χ4n) is 1.54. The van der Waals surface area contributed by atoms with Gasteiger partial charge in [-0.1, -0.05) is 0 Å². The molecule has 0 aliphatic rings. The van der Waals surface area contributed by atoms with Crippen LogP contribution in [0, 0.1) is 0 Å². The van der Waals surface area contributed by atoms with Gasteiger partial charge in [-0.25, -0.2) is 0 Å². The van der Waals surface area contributed by atoms with Crippen LogP contribution < -0.4 is 8.93 Å². The van der Waals surface area contributed by atoms with Crippen molar-refractivity contribution in [3.05, 3.63) is 58.6 Å². The van der Waals surface area contributed by atoms with Crippen LogP contribution in [-0.4, -0.2) is 26.8 Å². The summed E-state index contributed by atoms with van der Waals surface area (Å²) in [6, 6.07) is 15.4. The number of para-hydroxylation sites is 1. The molecule has 2 nitrogen and oxygen atoms in total. The van der Waals surface area contributed by atoms with Crippen LogP contribution in [0.3, 0.4) is 0 Å². The minimum atomic E-state index is -0.213. The molecule has 2 aromatic rings. The van der Waals surface area contributed by atoms with Gasteiger partial charge in [-0.2, -0.15) is 0 Å². The quantitative estimate of drug-likeness (QED) is 0.764. The van der Waals surface area contributed by atoms with E-state index in [0.717, 1.165) is 10.2 Å². The van der Waals surface area contributed by atoms with Gasteiger partial charge in [0.2, 0.25) is 0 Å². The Labute approximate surface area is 125 Å². The number of carbonyl (C=O) groups is 1. The van der Waals surface area contributed by atoms with Gasteiger partial charge in [0.1, 0.15) is 0 Å². The minimum absolute atomic E-state index is 0.0594. The first-order valence-corrected chi connectivity index (χ1v) is 9.69. The molecule has 2 aromatic carbocycles. The van der Waals surface area contributed by atoms with E-state index < -0.39 is 0 Å². The standard InChI is InChI=1S/C14H12BrNOTe/c1-18-13-5-3-2-4-12(13)16-14(17)10-6-8-11(15)9-7-10/h2-9H,1H3,(H,16,17). The van der Waals surface area contributed by atoms with Gasteiger partial charge in [0.25, 0.3) is 0 Å². The Kier molecular flexibility index (Phi) is 4.82. The summed E-state index contributed by atoms with van der Waals surface area (Å²) >= 11 is 3.14. The molecule has 0 heterocycles. The second-order valence-corrected chi connectivity index (χ2v) is 7.00. The number of halogens is 1. The predicted molar refractivity (Wildman–Crippen MR) is 79.8 cm³/mol. The van der Waals surface area contributed by atoms with Gasteiger partial charge in [0.05, 0.1) is 0 Å². The van der Waals surface area contributed by atoms with Crippen LogP contribution in [0.25, 0.3) is 0 Å². The zero-order valence-electron chi connectivity index (χ0n) is 9.81. The molecule has 0 saturated heterocycles. The van der Waals surface area contributed by atoms with Crippen molar-refractivity contribution < 1.29 is 4.79 Å². The van der Waals surface area contributed by atoms with Crippen LogP contribution in [0.4, 0.5) is 5.69 Å². The number of hydrogen-bond donors (Lipinski definition) is 1. The summed E-state index contributed by atoms with van der Waals surface area (Å²) in [5, 5.41) is 2.98. The van der Waals surface area contributed by atoms with Gasteiger partial charge in [-0.05, 0) is 0 Å². The van der Waals surface area contributed by atoms with Crippen LogP contribution in [0.5, 0.6) is 0 Å². The average molecular weight is 418 g/mol. The molecular formula is C14H12BrNOTe. The molecule has 4 heteroatoms. The normalized spacial score (nSPS) is 10.1. The van der Waals surface area contributed by atoms with Crippen molar-refractivity contribution in [2.75, 3.05) is 5.32 Å². The number of nitrogens with one attached hydrogen (secondary N) is 1. The second kappa shape index (κ2) is 6.38. The third-order valence-electron chi connectivity index (χ3n) is 2.46. The van der Waals surface area contributed by atoms with Gasteiger partial charge < -0.3 is 0 Å². The molecule has 0 fully saturated rings. The first kappa shape index (κ1) is 13.6. The number of carbonyl (C=O) groups excluding carboxylic acids is 1. The van der Waals surface area contributed by atoms with Crippen molar-refractivity contribution >= 4 is 52.1 Å². The molecule has 18 heavy (non-hydrogen) atoms. The maximum absolute atomic E-state index is 12.1. The Morgan fingerprint density at radius 1 is 1.11 bits per heavy atom. The molecule has 0 aliphatic heterocycles. The molecule has 0 unspecified atom stereocenters. The molecule has 0 bridgehead atoms. The first-order valence-electron chi connectivity index (χ1n) is 5.40. The summed E-state index contributed by atoms with van der Waals surface area (Å²) in [4.78, 5) is 14.3. The van der Waals surface area contributed by atoms with Gasteiger partial charge in [0, 0.05) is 0 Å². The summed E-state index contributed by atoms with van der Waals surface area (Å²) in [6.07, 6.45) is 0. The second-order valence-electron chi connectivity index (χ2n) is 3.66. The van der Waals surface area contributed by atoms with E-state index in [1.54, 1.807) is 0 Å². The van der Waals surface area contributed by atoms with Crippen molar-refractivity contribution in [3.63, 3.8) is 0 Å². The molecule has 0 spiro atoms. The number of anilines is 1. The van der Waals surface area contributed by atoms with Gasteiger partial charge in [-0.3, -0.25) is 0 Å². The third-order valence-corrected chi connectivity index (χ3v) is 5.26. The summed E-state index contributed by atoms with van der Waals surface area (Å²) in [6.45, 7) is 0. The SMILES string of the molecule is C[Te]c1ccccc1NC(=O)c1ccc(Br)cc1. The van der Waals surface area contributed by atoms with Crippen molar-refractivity contribution in [1.29, 1.82) is 0 Å². The van der Waals surface area contributed by atoms with E-state index in [1.807, 2.05) is 42.5 Å². The Morgan fingerprint density at radius 3 is 2.44 bits per heavy atom. The number of rotatable bonds is 3. The van der Waals surface area contributed by atoms with E-state index >= 15 is 0 Å². The van der Waals surface area contributed by atoms with Crippen molar-refractivity contribution in [2.24, 2.45) is 0 Å². The molecule has 0 aromatic heterocycles. The number of hydrogen-bond acceptors (Lipinski definition) is 1. The summed E-state index contributed by atoms with van der Waals surface area (Å²) < 4.78 is 2.24. The van der Waals surface area contributed by atoms with Crippen molar-refractivity contribution in [1.82, 2.24) is 0 Å². The predicted octanol–water partition coefficient (Wildman–Crippen LogP) is 3.08. The molecule has 0 aliphatic carbocycles. The van der Waals surface area contributed by atoms with Crippen LogP contribution >= 0.6 is 15.9 Å². The zero-order chi connectivity index (χ0) is 13.0. The molecule has 1 N–H and O–H groups in total. The molecule has 0 atom stereocenters. The number of benzene rings is 2. The molecule has 2 rings (SSSR count). The number of amides is 1. The molecule has 0 saturated carbocycles. The van der Waals surface area contributed by atoms with Gasteiger partial charge in [-0.15, -0.1) is 0 Å². The van der Waals surface area contributed by atoms with Gasteiger partial charge in [0.15, 0.2) is 0 Å². The maximum atomic E-state index is 12.1. The van der Waals surface area contributed by atoms with Crippen LogP contribution in [-0.2, 0) is 0 Å². The zero-order valence-corrected chi connectivity index (χ0v) is 13.7. The summed E-state index contributed by atoms with van der Waals surface area (Å²) in [5.41, 5.74) is 1.61. The monoisotopic (exact) mass is 419 g/mol. The molecule has 1 amide bonds. The molecule has 0 radical (unpaired) electrons. The third kappa shape index (κ3) is 3.35. The van der Waals surface area contributed by atoms with E-state index in [9.17, 15) is 4.79 Å². The van der Waals surface area contributed by atoms with Crippen molar-refractivity contribution in [2.45, 2.75) is 4.97 Å². The van der Waals surface area contributed by atoms with Crippen LogP contribution in [0.1, 0.15) is 10.4 Å². The fraction of sp³-hybridized carbons (Fsp3) is 0.0714. The Hall–Kier alpha value is -0.820. The van der Waals surface area contributed by atoms with Gasteiger partial charge >= 0.3 is 126 Å². The summed E-state index contributed by atoms with van der Waals surface area (Å²) in [7, 11) is 0. The topological polar surface area (TPSA) is 29.1 Å². The van der Waals surface area contributed by atoms with Crippen molar-refractivity contribution in [3.8, 4) is 0 Å². The first-order chi connectivity index (χ1) is 8.70. The van der Waals surface area contributed by atoms with E-state index in [-0.39, 0.29) is 26.8 Å². The Bertz CT molecular complexity index is 554. The average Bonchev–Trinajstić information content (AvgIpc) is 2.40. The van der Waals surface area contributed by atoms with E-state index in [0.29, 0.717) is 5.56 Å². The van der Waals surface area contributed by atoms with Crippen LogP contribution in [0.15, 0.2) is 53.0 Å². The fourth-order valence-corrected chi connectivity index (χ4v) is 3.39. The molecule has 92 valence electrons. The van der Waals surface area contributed by atoms with E-state index in [4.69, 9.17) is 0 Å². The van der Waals surface area contributed by atoms with Crippen LogP contribution in [0.2, 0.25) is 4.97 Å². The molecular weight excluding hydrogens is 406 g/mol. The Morgan fingerprint density at radius 2 is 1.78 bits per heavy atom. The van der Waals surface area contributed by atoms with E-state index in [1.165, 1.54) is 3.61 Å². The Balaban J connectivity index is 2.18. The van der Waals surface area contributed by atoms with E-state index in [2.05, 4.69) is 32.3 Å².